The molecule has 0 atom stereocenters. The molecular weight excluding hydrogens is 216 g/mol. The second-order valence-electron chi connectivity index (χ2n) is 4.80. The first-order chi connectivity index (χ1) is 7.79. The third-order valence-corrected chi connectivity index (χ3v) is 3.41. The molecule has 17 heavy (non-hydrogen) atoms. The van der Waals surface area contributed by atoms with Crippen LogP contribution in [0.5, 0.6) is 0 Å². The average molecular weight is 236 g/mol. The number of aromatic carboxylic acids is 1. The van der Waals surface area contributed by atoms with Gasteiger partial charge in [-0.15, -0.1) is 0 Å². The highest BCUT2D eigenvalue weighted by Crippen LogP contribution is 2.30. The zero-order valence-corrected chi connectivity index (χ0v) is 10.8. The van der Waals surface area contributed by atoms with Crippen molar-refractivity contribution in [1.82, 2.24) is 0 Å². The van der Waals surface area contributed by atoms with Crippen LogP contribution < -0.4 is 10.6 Å². The van der Waals surface area contributed by atoms with Crippen LogP contribution in [0.15, 0.2) is 18.2 Å². The molecule has 0 aliphatic carbocycles. The van der Waals surface area contributed by atoms with E-state index in [1.165, 1.54) is 6.07 Å². The van der Waals surface area contributed by atoms with Crippen LogP contribution in [0, 0.1) is 0 Å². The van der Waals surface area contributed by atoms with E-state index in [9.17, 15) is 4.79 Å². The summed E-state index contributed by atoms with van der Waals surface area (Å²) in [5, 5.41) is 8.88. The highest BCUT2D eigenvalue weighted by molar-refractivity contribution is 5.90. The number of benzene rings is 1. The molecule has 0 heterocycles. The molecule has 0 aliphatic rings. The van der Waals surface area contributed by atoms with E-state index in [0.717, 1.165) is 12.1 Å². The highest BCUT2D eigenvalue weighted by Gasteiger charge is 2.23. The van der Waals surface area contributed by atoms with Crippen LogP contribution in [-0.2, 0) is 0 Å². The van der Waals surface area contributed by atoms with Gasteiger partial charge in [0.25, 0.3) is 0 Å². The minimum atomic E-state index is -0.958. The largest absolute Gasteiger partial charge is 0.478 e. The molecule has 0 fully saturated rings. The van der Waals surface area contributed by atoms with Crippen LogP contribution in [0.3, 0.4) is 0 Å². The van der Waals surface area contributed by atoms with Gasteiger partial charge >= 0.3 is 5.97 Å². The van der Waals surface area contributed by atoms with Gasteiger partial charge in [0.1, 0.15) is 0 Å². The monoisotopic (exact) mass is 236 g/mol. The molecule has 0 saturated carbocycles. The van der Waals surface area contributed by atoms with Crippen molar-refractivity contribution < 1.29 is 9.90 Å². The summed E-state index contributed by atoms with van der Waals surface area (Å²) in [5.41, 5.74) is 7.47. The summed E-state index contributed by atoms with van der Waals surface area (Å²) in [4.78, 5) is 12.9. The lowest BCUT2D eigenvalue weighted by atomic mass is 9.98. The first-order valence-electron chi connectivity index (χ1n) is 5.66. The number of rotatable bonds is 4. The van der Waals surface area contributed by atoms with Gasteiger partial charge in [-0.25, -0.2) is 4.79 Å². The third kappa shape index (κ3) is 2.70. The van der Waals surface area contributed by atoms with Crippen LogP contribution in [-0.4, -0.2) is 23.7 Å². The van der Waals surface area contributed by atoms with Crippen molar-refractivity contribution >= 4 is 17.3 Å². The number of hydrogen-bond acceptors (Lipinski definition) is 3. The summed E-state index contributed by atoms with van der Waals surface area (Å²) in [5.74, 6) is -0.958. The zero-order chi connectivity index (χ0) is 13.2. The Labute approximate surface area is 102 Å². The van der Waals surface area contributed by atoms with Gasteiger partial charge in [-0.05, 0) is 38.5 Å². The third-order valence-electron chi connectivity index (χ3n) is 3.41. The minimum Gasteiger partial charge on any atom is -0.478 e. The molecule has 0 bridgehead atoms. The van der Waals surface area contributed by atoms with Crippen LogP contribution in [0.4, 0.5) is 11.4 Å². The van der Waals surface area contributed by atoms with E-state index in [-0.39, 0.29) is 11.1 Å². The van der Waals surface area contributed by atoms with E-state index in [1.807, 2.05) is 7.05 Å². The van der Waals surface area contributed by atoms with Crippen molar-refractivity contribution in [3.63, 3.8) is 0 Å². The van der Waals surface area contributed by atoms with E-state index in [4.69, 9.17) is 10.8 Å². The van der Waals surface area contributed by atoms with Crippen LogP contribution in [0.25, 0.3) is 0 Å². The molecule has 0 spiro atoms. The number of hydrogen-bond donors (Lipinski definition) is 2. The number of carbonyl (C=O) groups is 1. The number of anilines is 2. The lowest BCUT2D eigenvalue weighted by Gasteiger charge is -2.37. The normalized spacial score (nSPS) is 11.3. The summed E-state index contributed by atoms with van der Waals surface area (Å²) < 4.78 is 0. The summed E-state index contributed by atoms with van der Waals surface area (Å²) in [6.45, 7) is 6.35. The average Bonchev–Trinajstić information content (AvgIpc) is 2.27. The first-order valence-corrected chi connectivity index (χ1v) is 5.66. The highest BCUT2D eigenvalue weighted by atomic mass is 16.4. The van der Waals surface area contributed by atoms with E-state index in [0.29, 0.717) is 5.69 Å². The van der Waals surface area contributed by atoms with Gasteiger partial charge in [0.05, 0.1) is 16.9 Å². The van der Waals surface area contributed by atoms with Gasteiger partial charge in [-0.3, -0.25) is 0 Å². The lowest BCUT2D eigenvalue weighted by molar-refractivity contribution is 0.0697. The Morgan fingerprint density at radius 3 is 2.47 bits per heavy atom. The molecule has 1 rings (SSSR count). The molecule has 1 aromatic rings. The smallest absolute Gasteiger partial charge is 0.335 e. The van der Waals surface area contributed by atoms with Gasteiger partial charge in [0.15, 0.2) is 0 Å². The standard InChI is InChI=1S/C13H20N2O2/c1-5-13(2,3)15(4)11-7-6-9(12(16)17)8-10(11)14/h6-8H,5,14H2,1-4H3,(H,16,17). The zero-order valence-electron chi connectivity index (χ0n) is 10.8. The number of nitrogens with two attached hydrogens (primary N) is 1. The second kappa shape index (κ2) is 4.65. The van der Waals surface area contributed by atoms with Gasteiger partial charge in [0, 0.05) is 12.6 Å². The Hall–Kier alpha value is -1.71. The topological polar surface area (TPSA) is 66.6 Å². The van der Waals surface area contributed by atoms with Crippen LogP contribution in [0.2, 0.25) is 0 Å². The Morgan fingerprint density at radius 2 is 2.06 bits per heavy atom. The maximum atomic E-state index is 10.8. The van der Waals surface area contributed by atoms with Crippen molar-refractivity contribution in [3.05, 3.63) is 23.8 Å². The SMILES string of the molecule is CCC(C)(C)N(C)c1ccc(C(=O)O)cc1N. The number of carboxylic acid groups (broad SMARTS) is 1. The van der Waals surface area contributed by atoms with Crippen molar-refractivity contribution in [1.29, 1.82) is 0 Å². The molecule has 0 saturated heterocycles. The molecule has 94 valence electrons. The van der Waals surface area contributed by atoms with Crippen LogP contribution in [0.1, 0.15) is 37.6 Å². The van der Waals surface area contributed by atoms with Crippen LogP contribution >= 0.6 is 0 Å². The van der Waals surface area contributed by atoms with E-state index in [1.54, 1.807) is 12.1 Å². The molecule has 4 nitrogen and oxygen atoms in total. The quantitative estimate of drug-likeness (QED) is 0.788. The fraction of sp³-hybridized carbons (Fsp3) is 0.462. The first kappa shape index (κ1) is 13.4. The van der Waals surface area contributed by atoms with Crippen molar-refractivity contribution in [3.8, 4) is 0 Å². The van der Waals surface area contributed by atoms with Gasteiger partial charge < -0.3 is 15.7 Å². The number of carboxylic acids is 1. The summed E-state index contributed by atoms with van der Waals surface area (Å²) in [6.07, 6.45) is 0.976. The molecule has 0 radical (unpaired) electrons. The van der Waals surface area contributed by atoms with E-state index >= 15 is 0 Å². The molecule has 0 unspecified atom stereocenters. The number of nitrogens with zero attached hydrogens (tertiary/aromatic N) is 1. The summed E-state index contributed by atoms with van der Waals surface area (Å²) in [6, 6.07) is 4.84. The molecule has 1 aromatic carbocycles. The molecule has 3 N–H and O–H groups in total. The molecule has 0 aromatic heterocycles. The Bertz CT molecular complexity index is 427. The van der Waals surface area contributed by atoms with Crippen molar-refractivity contribution in [2.24, 2.45) is 0 Å². The van der Waals surface area contributed by atoms with Gasteiger partial charge in [-0.2, -0.15) is 0 Å². The molecule has 4 heteroatoms. The van der Waals surface area contributed by atoms with Gasteiger partial charge in [0.2, 0.25) is 0 Å². The van der Waals surface area contributed by atoms with Crippen molar-refractivity contribution in [2.45, 2.75) is 32.7 Å². The second-order valence-corrected chi connectivity index (χ2v) is 4.80. The summed E-state index contributed by atoms with van der Waals surface area (Å²) >= 11 is 0. The van der Waals surface area contributed by atoms with E-state index in [2.05, 4.69) is 25.7 Å². The predicted molar refractivity (Wildman–Crippen MR) is 70.6 cm³/mol. The van der Waals surface area contributed by atoms with Gasteiger partial charge in [-0.1, -0.05) is 6.92 Å². The fourth-order valence-corrected chi connectivity index (χ4v) is 1.56. The molecular formula is C13H20N2O2. The Morgan fingerprint density at radius 1 is 1.47 bits per heavy atom. The Kier molecular flexibility index (Phi) is 3.66. The minimum absolute atomic E-state index is 0.0150. The van der Waals surface area contributed by atoms with E-state index < -0.39 is 5.97 Å². The fourth-order valence-electron chi connectivity index (χ4n) is 1.56. The summed E-state index contributed by atoms with van der Waals surface area (Å²) in [7, 11) is 1.97. The maximum absolute atomic E-state index is 10.8. The molecule has 0 aliphatic heterocycles. The predicted octanol–water partition coefficient (Wildman–Crippen LogP) is 2.59. The molecule has 0 amide bonds. The number of nitrogen functional groups attached to an aromatic ring is 1. The maximum Gasteiger partial charge on any atom is 0.335 e. The van der Waals surface area contributed by atoms with Crippen molar-refractivity contribution in [2.75, 3.05) is 17.7 Å². The Balaban J connectivity index is 3.12. The lowest BCUT2D eigenvalue weighted by Crippen LogP contribution is -2.40.